The topological polar surface area (TPSA) is 93.7 Å². The van der Waals surface area contributed by atoms with E-state index in [2.05, 4.69) is 10.0 Å². The van der Waals surface area contributed by atoms with Crippen molar-refractivity contribution in [3.8, 4) is 11.5 Å². The molecule has 0 aliphatic carbocycles. The standard InChI is InChI=1S/C20H26N2O5S/c1-4-5-12-21-20(23)14-27-19-11-10-18(13-15(19)2)28(24,25)22-16-6-8-17(26-3)9-7-16/h6-11,13,22H,4-5,12,14H2,1-3H3,(H,21,23). The zero-order valence-corrected chi connectivity index (χ0v) is 17.1. The number of sulfonamides is 1. The summed E-state index contributed by atoms with van der Waals surface area (Å²) >= 11 is 0. The second-order valence-corrected chi connectivity index (χ2v) is 7.94. The fourth-order valence-electron chi connectivity index (χ4n) is 2.42. The second kappa shape index (κ2) is 9.98. The minimum atomic E-state index is -3.74. The molecule has 0 radical (unpaired) electrons. The highest BCUT2D eigenvalue weighted by Crippen LogP contribution is 2.24. The smallest absolute Gasteiger partial charge is 0.261 e. The molecule has 0 unspecified atom stereocenters. The first-order valence-corrected chi connectivity index (χ1v) is 10.5. The number of nitrogens with one attached hydrogen (secondary N) is 2. The van der Waals surface area contributed by atoms with Crippen LogP contribution < -0.4 is 19.5 Å². The number of anilines is 1. The van der Waals surface area contributed by atoms with Crippen molar-refractivity contribution in [2.45, 2.75) is 31.6 Å². The number of aryl methyl sites for hydroxylation is 1. The lowest BCUT2D eigenvalue weighted by molar-refractivity contribution is -0.123. The molecule has 2 aromatic carbocycles. The molecule has 152 valence electrons. The van der Waals surface area contributed by atoms with Gasteiger partial charge in [-0.1, -0.05) is 13.3 Å². The molecule has 1 amide bonds. The third-order valence-electron chi connectivity index (χ3n) is 4.01. The number of hydrogen-bond acceptors (Lipinski definition) is 5. The van der Waals surface area contributed by atoms with E-state index in [4.69, 9.17) is 9.47 Å². The van der Waals surface area contributed by atoms with Crippen LogP contribution in [0.25, 0.3) is 0 Å². The number of ether oxygens (including phenoxy) is 2. The van der Waals surface area contributed by atoms with E-state index in [1.165, 1.54) is 12.1 Å². The summed E-state index contributed by atoms with van der Waals surface area (Å²) in [5, 5.41) is 2.77. The molecule has 0 aliphatic heterocycles. The van der Waals surface area contributed by atoms with Crippen LogP contribution >= 0.6 is 0 Å². The van der Waals surface area contributed by atoms with Gasteiger partial charge in [0.1, 0.15) is 11.5 Å². The molecule has 28 heavy (non-hydrogen) atoms. The monoisotopic (exact) mass is 406 g/mol. The number of benzene rings is 2. The number of carbonyl (C=O) groups is 1. The van der Waals surface area contributed by atoms with Crippen molar-refractivity contribution in [2.24, 2.45) is 0 Å². The lowest BCUT2D eigenvalue weighted by atomic mass is 10.2. The summed E-state index contributed by atoms with van der Waals surface area (Å²) < 4.78 is 38.3. The molecule has 0 heterocycles. The Morgan fingerprint density at radius 1 is 1.11 bits per heavy atom. The van der Waals surface area contributed by atoms with Gasteiger partial charge in [-0.3, -0.25) is 9.52 Å². The maximum absolute atomic E-state index is 12.6. The molecular formula is C20H26N2O5S. The highest BCUT2D eigenvalue weighted by Gasteiger charge is 2.16. The van der Waals surface area contributed by atoms with Gasteiger partial charge in [0.15, 0.2) is 6.61 Å². The van der Waals surface area contributed by atoms with Gasteiger partial charge in [0.05, 0.1) is 12.0 Å². The Bertz CT molecular complexity index is 895. The Kier molecular flexibility index (Phi) is 7.69. The van der Waals surface area contributed by atoms with Crippen LogP contribution in [0.2, 0.25) is 0 Å². The zero-order valence-electron chi connectivity index (χ0n) is 16.3. The fourth-order valence-corrected chi connectivity index (χ4v) is 3.57. The van der Waals surface area contributed by atoms with Crippen LogP contribution in [0.3, 0.4) is 0 Å². The maximum Gasteiger partial charge on any atom is 0.261 e. The number of methoxy groups -OCH3 is 1. The molecule has 0 bridgehead atoms. The van der Waals surface area contributed by atoms with E-state index in [-0.39, 0.29) is 17.4 Å². The molecule has 7 nitrogen and oxygen atoms in total. The van der Waals surface area contributed by atoms with Gasteiger partial charge < -0.3 is 14.8 Å². The van der Waals surface area contributed by atoms with Crippen molar-refractivity contribution >= 4 is 21.6 Å². The SMILES string of the molecule is CCCCNC(=O)COc1ccc(S(=O)(=O)Nc2ccc(OC)cc2)cc1C. The summed E-state index contributed by atoms with van der Waals surface area (Å²) in [4.78, 5) is 11.8. The van der Waals surface area contributed by atoms with E-state index in [1.54, 1.807) is 44.4 Å². The van der Waals surface area contributed by atoms with Gasteiger partial charge in [-0.15, -0.1) is 0 Å². The average Bonchev–Trinajstić information content (AvgIpc) is 2.67. The van der Waals surface area contributed by atoms with Crippen molar-refractivity contribution in [1.82, 2.24) is 5.32 Å². The van der Waals surface area contributed by atoms with E-state index in [0.717, 1.165) is 12.8 Å². The van der Waals surface area contributed by atoms with E-state index in [0.29, 0.717) is 29.3 Å². The molecule has 0 fully saturated rings. The Hall–Kier alpha value is -2.74. The largest absolute Gasteiger partial charge is 0.497 e. The summed E-state index contributed by atoms with van der Waals surface area (Å²) in [6.07, 6.45) is 1.92. The van der Waals surface area contributed by atoms with E-state index in [1.807, 2.05) is 6.92 Å². The van der Waals surface area contributed by atoms with Gasteiger partial charge in [-0.05, 0) is 61.4 Å². The fraction of sp³-hybridized carbons (Fsp3) is 0.350. The summed E-state index contributed by atoms with van der Waals surface area (Å²) in [5.74, 6) is 0.902. The summed E-state index contributed by atoms with van der Waals surface area (Å²) in [5.41, 5.74) is 1.06. The van der Waals surface area contributed by atoms with Crippen LogP contribution in [0.1, 0.15) is 25.3 Å². The number of rotatable bonds is 10. The molecule has 0 saturated heterocycles. The second-order valence-electron chi connectivity index (χ2n) is 6.25. The molecule has 2 N–H and O–H groups in total. The van der Waals surface area contributed by atoms with Crippen LogP contribution in [-0.4, -0.2) is 34.6 Å². The normalized spacial score (nSPS) is 11.0. The number of carbonyl (C=O) groups excluding carboxylic acids is 1. The highest BCUT2D eigenvalue weighted by atomic mass is 32.2. The van der Waals surface area contributed by atoms with Crippen molar-refractivity contribution in [2.75, 3.05) is 25.0 Å². The van der Waals surface area contributed by atoms with Crippen molar-refractivity contribution < 1.29 is 22.7 Å². The van der Waals surface area contributed by atoms with Crippen LogP contribution in [0.4, 0.5) is 5.69 Å². The first kappa shape index (κ1) is 21.6. The Labute approximate surface area is 166 Å². The number of amides is 1. The van der Waals surface area contributed by atoms with Crippen molar-refractivity contribution in [1.29, 1.82) is 0 Å². The quantitative estimate of drug-likeness (QED) is 0.592. The predicted molar refractivity (Wildman–Crippen MR) is 108 cm³/mol. The number of unbranched alkanes of at least 4 members (excludes halogenated alkanes) is 1. The minimum absolute atomic E-state index is 0.110. The van der Waals surface area contributed by atoms with Crippen molar-refractivity contribution in [3.63, 3.8) is 0 Å². The molecule has 0 atom stereocenters. The average molecular weight is 407 g/mol. The zero-order chi connectivity index (χ0) is 20.6. The van der Waals surface area contributed by atoms with E-state index >= 15 is 0 Å². The number of hydrogen-bond donors (Lipinski definition) is 2. The summed E-state index contributed by atoms with van der Waals surface area (Å²) in [6, 6.07) is 11.1. The molecule has 2 aromatic rings. The first-order chi connectivity index (χ1) is 13.4. The van der Waals surface area contributed by atoms with Crippen LogP contribution in [-0.2, 0) is 14.8 Å². The summed E-state index contributed by atoms with van der Waals surface area (Å²) in [6.45, 7) is 4.29. The van der Waals surface area contributed by atoms with Crippen LogP contribution in [0.15, 0.2) is 47.4 Å². The Morgan fingerprint density at radius 2 is 1.82 bits per heavy atom. The molecule has 2 rings (SSSR count). The Balaban J connectivity index is 2.02. The molecule has 0 saturated carbocycles. The van der Waals surface area contributed by atoms with Gasteiger partial charge in [0.2, 0.25) is 0 Å². The van der Waals surface area contributed by atoms with Gasteiger partial charge >= 0.3 is 0 Å². The summed E-state index contributed by atoms with van der Waals surface area (Å²) in [7, 11) is -2.20. The molecular weight excluding hydrogens is 380 g/mol. The first-order valence-electron chi connectivity index (χ1n) is 9.02. The van der Waals surface area contributed by atoms with E-state index < -0.39 is 10.0 Å². The van der Waals surface area contributed by atoms with E-state index in [9.17, 15) is 13.2 Å². The predicted octanol–water partition coefficient (Wildman–Crippen LogP) is 3.10. The van der Waals surface area contributed by atoms with Gasteiger partial charge in [0.25, 0.3) is 15.9 Å². The lowest BCUT2D eigenvalue weighted by Crippen LogP contribution is -2.29. The maximum atomic E-state index is 12.6. The van der Waals surface area contributed by atoms with Gasteiger partial charge in [-0.2, -0.15) is 0 Å². The highest BCUT2D eigenvalue weighted by molar-refractivity contribution is 7.92. The molecule has 0 spiro atoms. The van der Waals surface area contributed by atoms with Gasteiger partial charge in [0, 0.05) is 12.2 Å². The lowest BCUT2D eigenvalue weighted by Gasteiger charge is -2.12. The third-order valence-corrected chi connectivity index (χ3v) is 5.39. The molecule has 8 heteroatoms. The molecule has 0 aliphatic rings. The molecule has 0 aromatic heterocycles. The van der Waals surface area contributed by atoms with Crippen molar-refractivity contribution in [3.05, 3.63) is 48.0 Å². The Morgan fingerprint density at radius 3 is 2.43 bits per heavy atom. The van der Waals surface area contributed by atoms with Crippen LogP contribution in [0, 0.1) is 6.92 Å². The third kappa shape index (κ3) is 6.16. The van der Waals surface area contributed by atoms with Gasteiger partial charge in [-0.25, -0.2) is 8.42 Å². The van der Waals surface area contributed by atoms with Crippen LogP contribution in [0.5, 0.6) is 11.5 Å². The minimum Gasteiger partial charge on any atom is -0.497 e.